The number of aromatic nitrogens is 2. The molecule has 3 nitrogen and oxygen atoms in total. The number of nitrogen functional groups attached to an aromatic ring is 1. The van der Waals surface area contributed by atoms with Crippen molar-refractivity contribution in [3.8, 4) is 0 Å². The number of hydrogen-bond acceptors (Lipinski definition) is 2. The molecule has 16 heavy (non-hydrogen) atoms. The highest BCUT2D eigenvalue weighted by Gasteiger charge is 2.24. The molecule has 1 aliphatic carbocycles. The lowest BCUT2D eigenvalue weighted by Crippen LogP contribution is -2.14. The first-order valence-corrected chi connectivity index (χ1v) is 6.60. The zero-order valence-corrected chi connectivity index (χ0v) is 10.5. The van der Waals surface area contributed by atoms with Crippen molar-refractivity contribution < 1.29 is 0 Å². The highest BCUT2D eigenvalue weighted by Crippen LogP contribution is 2.31. The number of rotatable bonds is 4. The first kappa shape index (κ1) is 11.5. The molecule has 1 unspecified atom stereocenters. The second-order valence-electron chi connectivity index (χ2n) is 4.93. The summed E-state index contributed by atoms with van der Waals surface area (Å²) in [5.41, 5.74) is 8.78. The predicted octanol–water partition coefficient (Wildman–Crippen LogP) is 2.78. The van der Waals surface area contributed by atoms with Gasteiger partial charge in [0, 0.05) is 12.1 Å². The van der Waals surface area contributed by atoms with Gasteiger partial charge < -0.3 is 5.73 Å². The van der Waals surface area contributed by atoms with Crippen molar-refractivity contribution in [1.29, 1.82) is 0 Å². The largest absolute Gasteiger partial charge is 0.384 e. The van der Waals surface area contributed by atoms with Gasteiger partial charge in [-0.1, -0.05) is 26.7 Å². The Labute approximate surface area is 98.0 Å². The van der Waals surface area contributed by atoms with Gasteiger partial charge in [0.05, 0.1) is 5.69 Å². The molecular weight excluding hydrogens is 198 g/mol. The van der Waals surface area contributed by atoms with E-state index in [0.717, 1.165) is 37.5 Å². The maximum atomic E-state index is 6.17. The summed E-state index contributed by atoms with van der Waals surface area (Å²) < 4.78 is 2.00. The molecular formula is C13H23N3. The van der Waals surface area contributed by atoms with Crippen LogP contribution in [0.1, 0.15) is 50.8 Å². The van der Waals surface area contributed by atoms with Crippen molar-refractivity contribution in [1.82, 2.24) is 9.78 Å². The molecule has 0 aromatic carbocycles. The number of aryl methyl sites for hydroxylation is 2. The molecule has 0 aliphatic heterocycles. The Bertz CT molecular complexity index is 354. The average molecular weight is 221 g/mol. The van der Waals surface area contributed by atoms with Crippen molar-refractivity contribution in [3.63, 3.8) is 0 Å². The predicted molar refractivity (Wildman–Crippen MR) is 67.4 cm³/mol. The first-order chi connectivity index (χ1) is 7.76. The molecule has 2 N–H and O–H groups in total. The molecule has 0 saturated carbocycles. The van der Waals surface area contributed by atoms with E-state index in [0.29, 0.717) is 0 Å². The molecule has 0 amide bonds. The van der Waals surface area contributed by atoms with E-state index in [1.54, 1.807) is 0 Å². The number of nitrogens with two attached hydrogens (primary N) is 1. The number of nitrogens with zero attached hydrogens (tertiary/aromatic N) is 2. The van der Waals surface area contributed by atoms with Crippen LogP contribution < -0.4 is 5.73 Å². The summed E-state index contributed by atoms with van der Waals surface area (Å²) >= 11 is 0. The maximum absolute atomic E-state index is 6.17. The van der Waals surface area contributed by atoms with Crippen molar-refractivity contribution in [2.75, 3.05) is 5.73 Å². The van der Waals surface area contributed by atoms with Gasteiger partial charge in [-0.05, 0) is 31.6 Å². The van der Waals surface area contributed by atoms with Crippen molar-refractivity contribution in [2.45, 2.75) is 58.9 Å². The molecule has 0 saturated heterocycles. The number of hydrogen-bond donors (Lipinski definition) is 1. The molecule has 0 radical (unpaired) electrons. The molecule has 1 aliphatic rings. The van der Waals surface area contributed by atoms with Gasteiger partial charge >= 0.3 is 0 Å². The van der Waals surface area contributed by atoms with Gasteiger partial charge in [-0.3, -0.25) is 0 Å². The summed E-state index contributed by atoms with van der Waals surface area (Å²) in [5, 5.41) is 4.63. The third-order valence-electron chi connectivity index (χ3n) is 3.59. The van der Waals surface area contributed by atoms with Crippen LogP contribution >= 0.6 is 0 Å². The molecule has 2 rings (SSSR count). The van der Waals surface area contributed by atoms with Crippen LogP contribution in [0.4, 0.5) is 5.82 Å². The van der Waals surface area contributed by atoms with Gasteiger partial charge in [0.25, 0.3) is 0 Å². The summed E-state index contributed by atoms with van der Waals surface area (Å²) in [6, 6.07) is 0. The smallest absolute Gasteiger partial charge is 0.125 e. The van der Waals surface area contributed by atoms with Gasteiger partial charge in [-0.15, -0.1) is 0 Å². The minimum Gasteiger partial charge on any atom is -0.384 e. The number of fused-ring (bicyclic) bond motifs is 1. The Morgan fingerprint density at radius 3 is 2.88 bits per heavy atom. The third kappa shape index (κ3) is 2.08. The van der Waals surface area contributed by atoms with E-state index >= 15 is 0 Å². The Morgan fingerprint density at radius 2 is 2.19 bits per heavy atom. The standard InChI is InChI=1S/C13H23N3/c1-3-5-10-6-7-12-11(9-10)13(14)16(15-12)8-4-2/h10H,3-9,14H2,1-2H3. The van der Waals surface area contributed by atoms with Gasteiger partial charge in [0.2, 0.25) is 0 Å². The molecule has 1 heterocycles. The molecule has 0 bridgehead atoms. The van der Waals surface area contributed by atoms with Crippen molar-refractivity contribution in [3.05, 3.63) is 11.3 Å². The lowest BCUT2D eigenvalue weighted by atomic mass is 9.85. The van der Waals surface area contributed by atoms with Crippen molar-refractivity contribution in [2.24, 2.45) is 5.92 Å². The fourth-order valence-corrected chi connectivity index (χ4v) is 2.76. The molecule has 3 heteroatoms. The quantitative estimate of drug-likeness (QED) is 0.849. The van der Waals surface area contributed by atoms with Crippen LogP contribution in [0.2, 0.25) is 0 Å². The first-order valence-electron chi connectivity index (χ1n) is 6.60. The second kappa shape index (κ2) is 4.89. The Morgan fingerprint density at radius 1 is 1.38 bits per heavy atom. The van der Waals surface area contributed by atoms with Crippen LogP contribution in [0.3, 0.4) is 0 Å². The van der Waals surface area contributed by atoms with E-state index in [1.165, 1.54) is 30.5 Å². The zero-order valence-electron chi connectivity index (χ0n) is 10.5. The van der Waals surface area contributed by atoms with Gasteiger partial charge in [0.1, 0.15) is 5.82 Å². The van der Waals surface area contributed by atoms with E-state index in [2.05, 4.69) is 18.9 Å². The minimum absolute atomic E-state index is 0.832. The highest BCUT2D eigenvalue weighted by molar-refractivity contribution is 5.45. The van der Waals surface area contributed by atoms with Crippen LogP contribution in [0.25, 0.3) is 0 Å². The number of anilines is 1. The lowest BCUT2D eigenvalue weighted by Gasteiger charge is -2.20. The van der Waals surface area contributed by atoms with E-state index in [1.807, 2.05) is 4.68 Å². The monoisotopic (exact) mass is 221 g/mol. The Hall–Kier alpha value is -0.990. The van der Waals surface area contributed by atoms with E-state index in [9.17, 15) is 0 Å². The summed E-state index contributed by atoms with van der Waals surface area (Å²) in [5.74, 6) is 1.76. The fourth-order valence-electron chi connectivity index (χ4n) is 2.76. The molecule has 0 spiro atoms. The molecule has 1 atom stereocenters. The Kier molecular flexibility index (Phi) is 3.52. The van der Waals surface area contributed by atoms with Crippen LogP contribution in [0.15, 0.2) is 0 Å². The van der Waals surface area contributed by atoms with Crippen molar-refractivity contribution >= 4 is 5.82 Å². The third-order valence-corrected chi connectivity index (χ3v) is 3.59. The normalized spacial score (nSPS) is 19.8. The second-order valence-corrected chi connectivity index (χ2v) is 4.93. The average Bonchev–Trinajstić information content (AvgIpc) is 2.58. The Balaban J connectivity index is 2.17. The molecule has 0 fully saturated rings. The van der Waals surface area contributed by atoms with Gasteiger partial charge in [-0.2, -0.15) is 5.10 Å². The maximum Gasteiger partial charge on any atom is 0.125 e. The van der Waals surface area contributed by atoms with E-state index in [-0.39, 0.29) is 0 Å². The zero-order chi connectivity index (χ0) is 11.5. The van der Waals surface area contributed by atoms with Crippen LogP contribution in [-0.2, 0) is 19.4 Å². The summed E-state index contributed by atoms with van der Waals surface area (Å²) in [6.45, 7) is 5.39. The summed E-state index contributed by atoms with van der Waals surface area (Å²) in [6.07, 6.45) is 7.28. The van der Waals surface area contributed by atoms with Crippen LogP contribution in [0.5, 0.6) is 0 Å². The van der Waals surface area contributed by atoms with Crippen LogP contribution in [-0.4, -0.2) is 9.78 Å². The van der Waals surface area contributed by atoms with E-state index in [4.69, 9.17) is 5.73 Å². The molecule has 1 aromatic heterocycles. The SMILES string of the molecule is CCCC1CCc2nn(CCC)c(N)c2C1. The summed E-state index contributed by atoms with van der Waals surface area (Å²) in [4.78, 5) is 0. The van der Waals surface area contributed by atoms with Gasteiger partial charge in [-0.25, -0.2) is 4.68 Å². The van der Waals surface area contributed by atoms with Crippen LogP contribution in [0, 0.1) is 5.92 Å². The molecule has 90 valence electrons. The van der Waals surface area contributed by atoms with E-state index < -0.39 is 0 Å². The summed E-state index contributed by atoms with van der Waals surface area (Å²) in [7, 11) is 0. The topological polar surface area (TPSA) is 43.8 Å². The van der Waals surface area contributed by atoms with Gasteiger partial charge in [0.15, 0.2) is 0 Å². The highest BCUT2D eigenvalue weighted by atomic mass is 15.3. The fraction of sp³-hybridized carbons (Fsp3) is 0.769. The minimum atomic E-state index is 0.832. The lowest BCUT2D eigenvalue weighted by molar-refractivity contribution is 0.420. The molecule has 1 aromatic rings.